The van der Waals surface area contributed by atoms with Crippen molar-refractivity contribution in [3.05, 3.63) is 69.7 Å². The minimum absolute atomic E-state index is 0.0445. The molecule has 2 fully saturated rings. The highest BCUT2D eigenvalue weighted by Crippen LogP contribution is 2.30. The third-order valence-electron chi connectivity index (χ3n) is 7.59. The Morgan fingerprint density at radius 1 is 0.921 bits per heavy atom. The van der Waals surface area contributed by atoms with E-state index in [9.17, 15) is 8.42 Å². The minimum Gasteiger partial charge on any atom is -0.368 e. The van der Waals surface area contributed by atoms with Crippen LogP contribution < -0.4 is 10.6 Å². The van der Waals surface area contributed by atoms with Gasteiger partial charge < -0.3 is 10.6 Å². The van der Waals surface area contributed by atoms with E-state index >= 15 is 0 Å². The standard InChI is InChI=1S/C26H33Cl2N7O2S/c1-38(36,37)35-17-23(14-18-2-6-20(27)7-3-18)34(16-24(35)15-19-4-8-21(28)9-5-19)22-10-12-33(13-11-22)26-30-25(29)31-32-26/h2-9,22-24H,10-17H2,1H3,(H3,29,30,31,32). The number of hydrogen-bond acceptors (Lipinski definition) is 7. The first-order chi connectivity index (χ1) is 18.2. The Kier molecular flexibility index (Phi) is 8.16. The van der Waals surface area contributed by atoms with E-state index in [1.165, 1.54) is 6.26 Å². The smallest absolute Gasteiger partial charge is 0.246 e. The SMILES string of the molecule is CS(=O)(=O)N1CC(Cc2ccc(Cl)cc2)N(C2CCN(c3n[nH]c(N)n3)CC2)CC1Cc1ccc(Cl)cc1. The number of sulfonamides is 1. The Morgan fingerprint density at radius 3 is 1.97 bits per heavy atom. The first-order valence-corrected chi connectivity index (χ1v) is 15.4. The predicted molar refractivity (Wildman–Crippen MR) is 152 cm³/mol. The molecule has 2 unspecified atom stereocenters. The second-order valence-electron chi connectivity index (χ2n) is 10.2. The number of nitrogens with two attached hydrogens (primary N) is 1. The predicted octanol–water partition coefficient (Wildman–Crippen LogP) is 3.46. The fourth-order valence-corrected chi connectivity index (χ4v) is 7.11. The number of nitrogens with zero attached hydrogens (tertiary/aromatic N) is 5. The van der Waals surface area contributed by atoms with Gasteiger partial charge in [-0.05, 0) is 61.1 Å². The third-order valence-corrected chi connectivity index (χ3v) is 9.39. The summed E-state index contributed by atoms with van der Waals surface area (Å²) in [5.41, 5.74) is 7.94. The molecule has 2 aliphatic rings. The normalized spacial score (nSPS) is 22.1. The van der Waals surface area contributed by atoms with Gasteiger partial charge in [-0.25, -0.2) is 13.5 Å². The highest BCUT2D eigenvalue weighted by Gasteiger charge is 2.41. The van der Waals surface area contributed by atoms with Crippen LogP contribution in [0.5, 0.6) is 0 Å². The molecule has 0 amide bonds. The van der Waals surface area contributed by atoms with Crippen LogP contribution in [0.25, 0.3) is 0 Å². The number of nitrogens with one attached hydrogen (secondary N) is 1. The van der Waals surface area contributed by atoms with Crippen LogP contribution in [0.3, 0.4) is 0 Å². The van der Waals surface area contributed by atoms with E-state index in [4.69, 9.17) is 28.9 Å². The van der Waals surface area contributed by atoms with Crippen LogP contribution >= 0.6 is 23.2 Å². The van der Waals surface area contributed by atoms with E-state index in [0.29, 0.717) is 47.5 Å². The van der Waals surface area contributed by atoms with Crippen molar-refractivity contribution in [2.75, 3.05) is 43.1 Å². The number of halogens is 2. The largest absolute Gasteiger partial charge is 0.368 e. The van der Waals surface area contributed by atoms with E-state index in [-0.39, 0.29) is 12.1 Å². The van der Waals surface area contributed by atoms with Gasteiger partial charge in [0.2, 0.25) is 21.9 Å². The molecule has 0 spiro atoms. The molecule has 0 saturated carbocycles. The maximum Gasteiger partial charge on any atom is 0.246 e. The molecule has 12 heteroatoms. The summed E-state index contributed by atoms with van der Waals surface area (Å²) in [5, 5.41) is 8.29. The zero-order chi connectivity index (χ0) is 26.9. The number of aromatic nitrogens is 3. The molecule has 1 aromatic heterocycles. The lowest BCUT2D eigenvalue weighted by atomic mass is 9.93. The molecule has 0 radical (unpaired) electrons. The summed E-state index contributed by atoms with van der Waals surface area (Å²) in [6, 6.07) is 15.7. The number of anilines is 2. The molecule has 38 heavy (non-hydrogen) atoms. The lowest BCUT2D eigenvalue weighted by Gasteiger charge is -2.50. The molecule has 204 valence electrons. The van der Waals surface area contributed by atoms with E-state index in [1.54, 1.807) is 4.31 Å². The lowest BCUT2D eigenvalue weighted by molar-refractivity contribution is 0.0313. The van der Waals surface area contributed by atoms with Crippen molar-refractivity contribution in [3.8, 4) is 0 Å². The number of piperidine rings is 1. The number of hydrogen-bond donors (Lipinski definition) is 2. The summed E-state index contributed by atoms with van der Waals surface area (Å²) in [5.74, 6) is 0.938. The molecule has 5 rings (SSSR count). The van der Waals surface area contributed by atoms with Gasteiger partial charge in [0.05, 0.1) is 6.26 Å². The molecule has 0 aliphatic carbocycles. The van der Waals surface area contributed by atoms with Gasteiger partial charge in [-0.1, -0.05) is 47.5 Å². The third kappa shape index (κ3) is 6.43. The van der Waals surface area contributed by atoms with Crippen molar-refractivity contribution in [2.45, 2.75) is 43.8 Å². The number of rotatable bonds is 7. The van der Waals surface area contributed by atoms with Crippen LogP contribution in [0.15, 0.2) is 48.5 Å². The number of piperazine rings is 1. The fourth-order valence-electron chi connectivity index (χ4n) is 5.74. The zero-order valence-electron chi connectivity index (χ0n) is 21.3. The van der Waals surface area contributed by atoms with Crippen molar-refractivity contribution < 1.29 is 8.42 Å². The molecule has 0 bridgehead atoms. The topological polar surface area (TPSA) is 111 Å². The van der Waals surface area contributed by atoms with Gasteiger partial charge in [0.25, 0.3) is 0 Å². The molecule has 9 nitrogen and oxygen atoms in total. The van der Waals surface area contributed by atoms with Crippen molar-refractivity contribution in [1.82, 2.24) is 24.4 Å². The maximum absolute atomic E-state index is 13.0. The summed E-state index contributed by atoms with van der Waals surface area (Å²) < 4.78 is 27.7. The van der Waals surface area contributed by atoms with Crippen molar-refractivity contribution in [1.29, 1.82) is 0 Å². The van der Waals surface area contributed by atoms with Gasteiger partial charge in [-0.15, -0.1) is 5.10 Å². The van der Waals surface area contributed by atoms with Crippen LogP contribution in [-0.4, -0.2) is 83.4 Å². The molecular weight excluding hydrogens is 545 g/mol. The Labute approximate surface area is 234 Å². The lowest BCUT2D eigenvalue weighted by Crippen LogP contribution is -2.64. The molecule has 2 aliphatic heterocycles. The molecular formula is C26H33Cl2N7O2S. The summed E-state index contributed by atoms with van der Waals surface area (Å²) in [4.78, 5) is 8.97. The molecule has 2 aromatic carbocycles. The maximum atomic E-state index is 13.0. The number of H-pyrrole nitrogens is 1. The molecule has 3 N–H and O–H groups in total. The van der Waals surface area contributed by atoms with Gasteiger partial charge >= 0.3 is 0 Å². The number of aromatic amines is 1. The fraction of sp³-hybridized carbons (Fsp3) is 0.462. The Morgan fingerprint density at radius 2 is 1.47 bits per heavy atom. The van der Waals surface area contributed by atoms with E-state index < -0.39 is 10.0 Å². The van der Waals surface area contributed by atoms with Crippen LogP contribution in [0.1, 0.15) is 24.0 Å². The van der Waals surface area contributed by atoms with Gasteiger partial charge in [-0.2, -0.15) is 9.29 Å². The average Bonchev–Trinajstić information content (AvgIpc) is 3.33. The van der Waals surface area contributed by atoms with E-state index in [2.05, 4.69) is 25.0 Å². The van der Waals surface area contributed by atoms with Gasteiger partial charge in [0.15, 0.2) is 0 Å². The summed E-state index contributed by atoms with van der Waals surface area (Å²) in [6.07, 6.45) is 4.55. The number of nitrogen functional groups attached to an aromatic ring is 1. The van der Waals surface area contributed by atoms with Crippen molar-refractivity contribution in [2.24, 2.45) is 0 Å². The zero-order valence-corrected chi connectivity index (χ0v) is 23.6. The Bertz CT molecular complexity index is 1330. The van der Waals surface area contributed by atoms with Gasteiger partial charge in [-0.3, -0.25) is 4.90 Å². The molecule has 3 heterocycles. The second-order valence-corrected chi connectivity index (χ2v) is 13.0. The minimum atomic E-state index is -3.41. The molecule has 2 atom stereocenters. The van der Waals surface area contributed by atoms with Crippen LogP contribution in [0.4, 0.5) is 11.9 Å². The van der Waals surface area contributed by atoms with Gasteiger partial charge in [0, 0.05) is 54.3 Å². The van der Waals surface area contributed by atoms with Crippen LogP contribution in [0.2, 0.25) is 10.0 Å². The molecule has 2 saturated heterocycles. The number of benzene rings is 2. The van der Waals surface area contributed by atoms with Crippen molar-refractivity contribution >= 4 is 45.1 Å². The first-order valence-electron chi connectivity index (χ1n) is 12.8. The van der Waals surface area contributed by atoms with Crippen LogP contribution in [0, 0.1) is 0 Å². The van der Waals surface area contributed by atoms with E-state index in [0.717, 1.165) is 43.5 Å². The highest BCUT2D eigenvalue weighted by molar-refractivity contribution is 7.88. The quantitative estimate of drug-likeness (QED) is 0.442. The van der Waals surface area contributed by atoms with E-state index in [1.807, 2.05) is 48.5 Å². The molecule has 3 aromatic rings. The Hall–Kier alpha value is -2.37. The van der Waals surface area contributed by atoms with Gasteiger partial charge in [0.1, 0.15) is 0 Å². The summed E-state index contributed by atoms with van der Waals surface area (Å²) in [7, 11) is -3.41. The first kappa shape index (κ1) is 27.2. The van der Waals surface area contributed by atoms with Crippen molar-refractivity contribution in [3.63, 3.8) is 0 Å². The second kappa shape index (κ2) is 11.4. The Balaban J connectivity index is 1.39. The highest BCUT2D eigenvalue weighted by atomic mass is 35.5. The average molecular weight is 579 g/mol. The summed E-state index contributed by atoms with van der Waals surface area (Å²) >= 11 is 12.2. The monoisotopic (exact) mass is 577 g/mol. The summed E-state index contributed by atoms with van der Waals surface area (Å²) in [6.45, 7) is 2.72. The van der Waals surface area contributed by atoms with Crippen LogP contribution in [-0.2, 0) is 22.9 Å².